The smallest absolute Gasteiger partial charge is 0.446 e. The van der Waals surface area contributed by atoms with E-state index in [0.29, 0.717) is 18.2 Å². The topological polar surface area (TPSA) is 96.8 Å². The number of likely N-dealkylation sites (tertiary alicyclic amines) is 1. The number of carbonyl (C=O) groups is 1. The van der Waals surface area contributed by atoms with E-state index in [0.717, 1.165) is 94.8 Å². The van der Waals surface area contributed by atoms with Gasteiger partial charge in [0.15, 0.2) is 0 Å². The molecule has 2 saturated heterocycles. The molecule has 3 heterocycles. The highest BCUT2D eigenvalue weighted by Crippen LogP contribution is 2.52. The number of aromatic nitrogens is 2. The molecule has 1 unspecified atom stereocenters. The van der Waals surface area contributed by atoms with E-state index in [1.165, 1.54) is 18.2 Å². The van der Waals surface area contributed by atoms with Gasteiger partial charge < -0.3 is 24.4 Å². The number of piperidine rings is 1. The first-order valence-corrected chi connectivity index (χ1v) is 18.9. The van der Waals surface area contributed by atoms with Gasteiger partial charge in [-0.1, -0.05) is 19.1 Å². The van der Waals surface area contributed by atoms with E-state index in [1.807, 2.05) is 23.4 Å². The molecule has 3 fully saturated rings. The number of aryl methyl sites for hydroxylation is 1. The molecule has 50 heavy (non-hydrogen) atoms. The van der Waals surface area contributed by atoms with Gasteiger partial charge in [0.1, 0.15) is 17.7 Å². The van der Waals surface area contributed by atoms with Crippen LogP contribution < -0.4 is 10.2 Å². The molecule has 9 nitrogen and oxygen atoms in total. The summed E-state index contributed by atoms with van der Waals surface area (Å²) in [6.07, 6.45) is 8.06. The van der Waals surface area contributed by atoms with Crippen LogP contribution in [0.5, 0.6) is 0 Å². The summed E-state index contributed by atoms with van der Waals surface area (Å²) in [6, 6.07) is 11.8. The van der Waals surface area contributed by atoms with Crippen LogP contribution in [0.1, 0.15) is 50.4 Å². The first kappa shape index (κ1) is 36.2. The second-order valence-electron chi connectivity index (χ2n) is 13.9. The number of nitrogens with one attached hydrogen (secondary N) is 1. The largest absolute Gasteiger partial charge is 0.501 e. The molecule has 14 heteroatoms. The van der Waals surface area contributed by atoms with Gasteiger partial charge in [-0.25, -0.2) is 22.6 Å². The van der Waals surface area contributed by atoms with E-state index in [4.69, 9.17) is 4.74 Å². The lowest BCUT2D eigenvalue weighted by molar-refractivity contribution is -0.0436. The molecule has 3 atom stereocenters. The molecule has 1 N–H and O–H groups in total. The number of anilines is 1. The molecule has 272 valence electrons. The number of ether oxygens (including phenoxy) is 1. The lowest BCUT2D eigenvalue weighted by Gasteiger charge is -2.51. The third-order valence-corrected chi connectivity index (χ3v) is 12.6. The molecule has 0 radical (unpaired) electrons. The number of imidazole rings is 1. The lowest BCUT2D eigenvalue weighted by Crippen LogP contribution is -2.55. The van der Waals surface area contributed by atoms with Crippen LogP contribution in [0.4, 0.5) is 28.0 Å². The van der Waals surface area contributed by atoms with Gasteiger partial charge in [-0.05, 0) is 93.1 Å². The summed E-state index contributed by atoms with van der Waals surface area (Å²) in [6.45, 7) is 6.68. The molecule has 2 aliphatic heterocycles. The highest BCUT2D eigenvalue weighted by molar-refractivity contribution is 7.92. The Morgan fingerprint density at radius 3 is 2.40 bits per heavy atom. The van der Waals surface area contributed by atoms with Gasteiger partial charge in [0.25, 0.3) is 9.84 Å². The van der Waals surface area contributed by atoms with Crippen molar-refractivity contribution >= 4 is 21.6 Å². The number of amides is 1. The zero-order valence-electron chi connectivity index (χ0n) is 28.4. The van der Waals surface area contributed by atoms with Crippen LogP contribution in [-0.2, 0) is 33.0 Å². The normalized spacial score (nSPS) is 22.2. The summed E-state index contributed by atoms with van der Waals surface area (Å²) in [5.41, 5.74) is -4.24. The molecular weight excluding hydrogens is 674 g/mol. The molecular formula is C36H45F4N5O4S. The first-order valence-electron chi connectivity index (χ1n) is 17.4. The van der Waals surface area contributed by atoms with Crippen LogP contribution in [0, 0.1) is 23.6 Å². The Labute approximate surface area is 290 Å². The zero-order valence-corrected chi connectivity index (χ0v) is 29.2. The third kappa shape index (κ3) is 7.10. The fourth-order valence-corrected chi connectivity index (χ4v) is 9.42. The summed E-state index contributed by atoms with van der Waals surface area (Å²) in [7, 11) is -3.82. The van der Waals surface area contributed by atoms with Crippen molar-refractivity contribution in [3.05, 3.63) is 78.1 Å². The van der Waals surface area contributed by atoms with Crippen molar-refractivity contribution in [3.8, 4) is 0 Å². The molecule has 1 aliphatic carbocycles. The van der Waals surface area contributed by atoms with Gasteiger partial charge in [-0.2, -0.15) is 13.2 Å². The summed E-state index contributed by atoms with van der Waals surface area (Å²) < 4.78 is 85.6. The van der Waals surface area contributed by atoms with E-state index in [-0.39, 0.29) is 23.8 Å². The summed E-state index contributed by atoms with van der Waals surface area (Å²) in [5.74, 6) is 1.17. The lowest BCUT2D eigenvalue weighted by atomic mass is 9.58. The van der Waals surface area contributed by atoms with Crippen molar-refractivity contribution < 1.29 is 35.5 Å². The number of nitrogens with zero attached hydrogens (tertiary/aromatic N) is 4. The van der Waals surface area contributed by atoms with Crippen LogP contribution in [0.2, 0.25) is 0 Å². The van der Waals surface area contributed by atoms with Crippen molar-refractivity contribution in [3.63, 3.8) is 0 Å². The number of hydrogen-bond acceptors (Lipinski definition) is 7. The summed E-state index contributed by atoms with van der Waals surface area (Å²) in [5, 5.41) is 2.61. The minimum atomic E-state index is -5.38. The minimum Gasteiger partial charge on any atom is -0.446 e. The Kier molecular flexibility index (Phi) is 10.5. The molecule has 1 aromatic heterocycles. The van der Waals surface area contributed by atoms with Crippen LogP contribution in [-0.4, -0.2) is 80.3 Å². The third-order valence-electron chi connectivity index (χ3n) is 11.1. The highest BCUT2D eigenvalue weighted by Gasteiger charge is 2.53. The number of alkyl carbamates (subject to hydrolysis) is 1. The molecule has 0 spiro atoms. The summed E-state index contributed by atoms with van der Waals surface area (Å²) >= 11 is 0. The van der Waals surface area contributed by atoms with Gasteiger partial charge in [0, 0.05) is 75.0 Å². The van der Waals surface area contributed by atoms with Gasteiger partial charge in [-0.15, -0.1) is 0 Å². The first-order chi connectivity index (χ1) is 23.8. The van der Waals surface area contributed by atoms with Crippen molar-refractivity contribution in [1.82, 2.24) is 19.8 Å². The summed E-state index contributed by atoms with van der Waals surface area (Å²) in [4.78, 5) is 20.9. The Morgan fingerprint density at radius 1 is 1.04 bits per heavy atom. The van der Waals surface area contributed by atoms with Crippen molar-refractivity contribution in [2.45, 2.75) is 73.9 Å². The second-order valence-corrected chi connectivity index (χ2v) is 15.8. The van der Waals surface area contributed by atoms with Gasteiger partial charge >= 0.3 is 11.6 Å². The number of halogens is 4. The maximum absolute atomic E-state index is 15.1. The fraction of sp³-hybridized carbons (Fsp3) is 0.556. The average Bonchev–Trinajstić information content (AvgIpc) is 3.74. The molecule has 1 amide bonds. The van der Waals surface area contributed by atoms with E-state index in [9.17, 15) is 26.4 Å². The van der Waals surface area contributed by atoms with E-state index < -0.39 is 31.7 Å². The maximum Gasteiger partial charge on any atom is 0.501 e. The molecule has 0 bridgehead atoms. The van der Waals surface area contributed by atoms with Crippen molar-refractivity contribution in [2.24, 2.45) is 17.8 Å². The molecule has 1 saturated carbocycles. The second kappa shape index (κ2) is 14.5. The number of benzene rings is 2. The van der Waals surface area contributed by atoms with Crippen LogP contribution in [0.15, 0.2) is 65.8 Å². The monoisotopic (exact) mass is 719 g/mol. The molecule has 6 rings (SSSR count). The van der Waals surface area contributed by atoms with Crippen molar-refractivity contribution in [2.75, 3.05) is 44.7 Å². The number of hydrogen-bond donors (Lipinski definition) is 1. The SMILES string of the molecule is CCc1nccn1CC(c1cccc(F)c1)(C1CCN(CC2CN(c3ccc(S(=O)(=O)C(F)(F)F)cc3)C2)CC1)[C@H]1CCC[C@@H]1OC(=O)NC. The van der Waals surface area contributed by atoms with E-state index in [1.54, 1.807) is 19.2 Å². The molecule has 3 aromatic rings. The predicted molar refractivity (Wildman–Crippen MR) is 181 cm³/mol. The fourth-order valence-electron chi connectivity index (χ4n) is 8.66. The molecule has 2 aromatic carbocycles. The standard InChI is InChI=1S/C36H45F4N5O4S/c1-3-33-42-16-19-44(33)24-35(27-6-4-7-28(37)20-27,31-8-5-9-32(31)49-34(46)41-2)26-14-17-43(18-15-26)21-25-22-45(23-25)29-10-12-30(13-11-29)50(47,48)36(38,39)40/h4,6-7,10-13,16,19-20,25-26,31-32H,3,5,8-9,14-15,17-18,21-24H2,1-2H3,(H,41,46)/t31-,32-,35?/m0/s1. The zero-order chi connectivity index (χ0) is 35.7. The Morgan fingerprint density at radius 2 is 1.76 bits per heavy atom. The predicted octanol–water partition coefficient (Wildman–Crippen LogP) is 6.19. The average molecular weight is 720 g/mol. The Bertz CT molecular complexity index is 1740. The Hall–Kier alpha value is -3.65. The van der Waals surface area contributed by atoms with Crippen molar-refractivity contribution in [1.29, 1.82) is 0 Å². The minimum absolute atomic E-state index is 0.0250. The van der Waals surface area contributed by atoms with E-state index >= 15 is 4.39 Å². The molecule has 3 aliphatic rings. The Balaban J connectivity index is 1.18. The van der Waals surface area contributed by atoms with Crippen LogP contribution in [0.25, 0.3) is 0 Å². The van der Waals surface area contributed by atoms with E-state index in [2.05, 4.69) is 26.7 Å². The van der Waals surface area contributed by atoms with Gasteiger partial charge in [0.2, 0.25) is 0 Å². The van der Waals surface area contributed by atoms with Gasteiger partial charge in [0.05, 0.1) is 4.90 Å². The quantitative estimate of drug-likeness (QED) is 0.236. The van der Waals surface area contributed by atoms with Crippen LogP contribution in [0.3, 0.4) is 0 Å². The number of rotatable bonds is 11. The number of carbonyl (C=O) groups excluding carboxylic acids is 1. The highest BCUT2D eigenvalue weighted by atomic mass is 32.2. The van der Waals surface area contributed by atoms with Crippen LogP contribution >= 0.6 is 0 Å². The van der Waals surface area contributed by atoms with Gasteiger partial charge in [-0.3, -0.25) is 0 Å². The number of alkyl halides is 3. The maximum atomic E-state index is 15.1. The number of sulfone groups is 1.